The van der Waals surface area contributed by atoms with Gasteiger partial charge in [0.05, 0.1) is 12.6 Å². The number of hydrogen-bond donors (Lipinski definition) is 3. The number of carbonyl (C=O) groups is 2. The summed E-state index contributed by atoms with van der Waals surface area (Å²) in [5.74, 6) is -0.140. The van der Waals surface area contributed by atoms with Gasteiger partial charge in [-0.1, -0.05) is 25.1 Å². The molecule has 7 heteroatoms. The standard InChI is InChI=1S/C23H28N4O3/c1-3-17-9-11-19(12-10-17)26-23(24-15-21-8-5-13-30-21)27-22(29)18-6-4-7-20(14-18)25-16(2)28/h4,6-7,9-12,14,21H,3,5,8,13,15H2,1-2H3,(H,25,28)(H2,24,26,27,29)/t21-/m0/s1. The Morgan fingerprint density at radius 1 is 1.10 bits per heavy atom. The number of benzene rings is 2. The van der Waals surface area contributed by atoms with Crippen molar-refractivity contribution >= 4 is 29.1 Å². The summed E-state index contributed by atoms with van der Waals surface area (Å²) in [6.45, 7) is 4.76. The molecular weight excluding hydrogens is 380 g/mol. The van der Waals surface area contributed by atoms with Crippen molar-refractivity contribution in [3.8, 4) is 0 Å². The summed E-state index contributed by atoms with van der Waals surface area (Å²) in [5.41, 5.74) is 3.06. The van der Waals surface area contributed by atoms with E-state index in [-0.39, 0.29) is 17.9 Å². The monoisotopic (exact) mass is 408 g/mol. The zero-order valence-corrected chi connectivity index (χ0v) is 17.4. The Morgan fingerprint density at radius 2 is 1.90 bits per heavy atom. The molecule has 1 fully saturated rings. The first kappa shape index (κ1) is 21.5. The highest BCUT2D eigenvalue weighted by Crippen LogP contribution is 2.14. The number of ether oxygens (including phenoxy) is 1. The van der Waals surface area contributed by atoms with Crippen LogP contribution in [0.5, 0.6) is 0 Å². The van der Waals surface area contributed by atoms with Crippen molar-refractivity contribution in [2.24, 2.45) is 4.99 Å². The van der Waals surface area contributed by atoms with Crippen LogP contribution < -0.4 is 16.0 Å². The number of aliphatic imine (C=N–C) groups is 1. The molecule has 3 rings (SSSR count). The average molecular weight is 409 g/mol. The molecule has 2 aromatic rings. The van der Waals surface area contributed by atoms with Crippen LogP contribution in [0.15, 0.2) is 53.5 Å². The van der Waals surface area contributed by atoms with Gasteiger partial charge in [0.15, 0.2) is 0 Å². The normalized spacial score (nSPS) is 16.2. The number of nitrogens with one attached hydrogen (secondary N) is 3. The van der Waals surface area contributed by atoms with E-state index in [4.69, 9.17) is 4.74 Å². The van der Waals surface area contributed by atoms with E-state index in [2.05, 4.69) is 27.9 Å². The minimum atomic E-state index is -0.314. The molecule has 1 saturated heterocycles. The van der Waals surface area contributed by atoms with Gasteiger partial charge in [-0.25, -0.2) is 4.99 Å². The predicted octanol–water partition coefficient (Wildman–Crippen LogP) is 3.58. The molecule has 0 saturated carbocycles. The van der Waals surface area contributed by atoms with Crippen LogP contribution >= 0.6 is 0 Å². The largest absolute Gasteiger partial charge is 0.376 e. The van der Waals surface area contributed by atoms with E-state index < -0.39 is 0 Å². The van der Waals surface area contributed by atoms with Crippen molar-refractivity contribution in [2.75, 3.05) is 23.8 Å². The summed E-state index contributed by atoms with van der Waals surface area (Å²) < 4.78 is 5.64. The lowest BCUT2D eigenvalue weighted by Gasteiger charge is -2.14. The van der Waals surface area contributed by atoms with Gasteiger partial charge in [-0.05, 0) is 55.2 Å². The zero-order chi connectivity index (χ0) is 21.3. The first-order valence-corrected chi connectivity index (χ1v) is 10.2. The molecule has 7 nitrogen and oxygen atoms in total. The molecular formula is C23H28N4O3. The number of rotatable bonds is 6. The van der Waals surface area contributed by atoms with Gasteiger partial charge in [0.1, 0.15) is 0 Å². The quantitative estimate of drug-likeness (QED) is 0.503. The van der Waals surface area contributed by atoms with E-state index >= 15 is 0 Å². The van der Waals surface area contributed by atoms with E-state index in [1.165, 1.54) is 12.5 Å². The molecule has 1 heterocycles. The van der Waals surface area contributed by atoms with Crippen molar-refractivity contribution in [1.82, 2.24) is 5.32 Å². The van der Waals surface area contributed by atoms with Gasteiger partial charge in [0, 0.05) is 30.5 Å². The molecule has 0 bridgehead atoms. The maximum atomic E-state index is 12.8. The maximum absolute atomic E-state index is 12.8. The van der Waals surface area contributed by atoms with Gasteiger partial charge in [0.25, 0.3) is 5.91 Å². The predicted molar refractivity (Wildman–Crippen MR) is 119 cm³/mol. The Balaban J connectivity index is 1.74. The molecule has 30 heavy (non-hydrogen) atoms. The van der Waals surface area contributed by atoms with Crippen molar-refractivity contribution in [3.05, 3.63) is 59.7 Å². The minimum Gasteiger partial charge on any atom is -0.376 e. The third-order valence-corrected chi connectivity index (χ3v) is 4.78. The fourth-order valence-electron chi connectivity index (χ4n) is 3.17. The van der Waals surface area contributed by atoms with Crippen LogP contribution in [0, 0.1) is 0 Å². The van der Waals surface area contributed by atoms with Crippen LogP contribution in [0.1, 0.15) is 42.6 Å². The Morgan fingerprint density at radius 3 is 2.57 bits per heavy atom. The van der Waals surface area contributed by atoms with Crippen molar-refractivity contribution in [3.63, 3.8) is 0 Å². The van der Waals surface area contributed by atoms with Gasteiger partial charge >= 0.3 is 0 Å². The first-order chi connectivity index (χ1) is 14.5. The van der Waals surface area contributed by atoms with Gasteiger partial charge in [-0.2, -0.15) is 0 Å². The van der Waals surface area contributed by atoms with Crippen molar-refractivity contribution in [2.45, 2.75) is 39.2 Å². The van der Waals surface area contributed by atoms with Gasteiger partial charge < -0.3 is 15.4 Å². The molecule has 0 aromatic heterocycles. The lowest BCUT2D eigenvalue weighted by molar-refractivity contribution is -0.114. The van der Waals surface area contributed by atoms with E-state index in [1.54, 1.807) is 24.3 Å². The van der Waals surface area contributed by atoms with Gasteiger partial charge in [0.2, 0.25) is 11.9 Å². The second-order valence-electron chi connectivity index (χ2n) is 7.22. The lowest BCUT2D eigenvalue weighted by Crippen LogP contribution is -2.36. The average Bonchev–Trinajstić information content (AvgIpc) is 3.26. The van der Waals surface area contributed by atoms with E-state index in [9.17, 15) is 9.59 Å². The van der Waals surface area contributed by atoms with Crippen molar-refractivity contribution in [1.29, 1.82) is 0 Å². The molecule has 2 aromatic carbocycles. The molecule has 1 atom stereocenters. The second kappa shape index (κ2) is 10.5. The number of carbonyl (C=O) groups excluding carboxylic acids is 2. The Hall–Kier alpha value is -3.19. The highest BCUT2D eigenvalue weighted by atomic mass is 16.5. The smallest absolute Gasteiger partial charge is 0.258 e. The first-order valence-electron chi connectivity index (χ1n) is 10.2. The van der Waals surface area contributed by atoms with Gasteiger partial charge in [-0.15, -0.1) is 0 Å². The molecule has 0 aliphatic carbocycles. The Bertz CT molecular complexity index is 903. The lowest BCUT2D eigenvalue weighted by atomic mass is 10.1. The number of amides is 2. The second-order valence-corrected chi connectivity index (χ2v) is 7.22. The molecule has 0 radical (unpaired) electrons. The molecule has 1 aliphatic rings. The fraction of sp³-hybridized carbons (Fsp3) is 0.348. The molecule has 2 amide bonds. The van der Waals surface area contributed by atoms with E-state index in [0.29, 0.717) is 23.8 Å². The highest BCUT2D eigenvalue weighted by Gasteiger charge is 2.16. The molecule has 0 spiro atoms. The topological polar surface area (TPSA) is 91.8 Å². The Kier molecular flexibility index (Phi) is 7.57. The van der Waals surface area contributed by atoms with E-state index in [0.717, 1.165) is 31.6 Å². The van der Waals surface area contributed by atoms with Crippen LogP contribution in [0.4, 0.5) is 11.4 Å². The Labute approximate surface area is 176 Å². The molecule has 1 aliphatic heterocycles. The third-order valence-electron chi connectivity index (χ3n) is 4.78. The van der Waals surface area contributed by atoms with Crippen LogP contribution in [0.2, 0.25) is 0 Å². The van der Waals surface area contributed by atoms with Gasteiger partial charge in [-0.3, -0.25) is 14.9 Å². The summed E-state index contributed by atoms with van der Waals surface area (Å²) in [7, 11) is 0. The van der Waals surface area contributed by atoms with Crippen LogP contribution in [0.3, 0.4) is 0 Å². The molecule has 0 unspecified atom stereocenters. The summed E-state index contributed by atoms with van der Waals surface area (Å²) in [6, 6.07) is 14.8. The van der Waals surface area contributed by atoms with E-state index in [1.807, 2.05) is 24.3 Å². The van der Waals surface area contributed by atoms with Crippen LogP contribution in [-0.2, 0) is 16.0 Å². The summed E-state index contributed by atoms with van der Waals surface area (Å²) in [6.07, 6.45) is 3.03. The number of guanidine groups is 1. The highest BCUT2D eigenvalue weighted by molar-refractivity contribution is 6.10. The number of anilines is 2. The SMILES string of the molecule is CCc1ccc(NC(=NC[C@@H]2CCCO2)NC(=O)c2cccc(NC(C)=O)c2)cc1. The number of aryl methyl sites for hydroxylation is 1. The van der Waals surface area contributed by atoms with Crippen LogP contribution in [-0.4, -0.2) is 37.0 Å². The zero-order valence-electron chi connectivity index (χ0n) is 17.4. The summed E-state index contributed by atoms with van der Waals surface area (Å²) in [4.78, 5) is 28.6. The summed E-state index contributed by atoms with van der Waals surface area (Å²) >= 11 is 0. The maximum Gasteiger partial charge on any atom is 0.258 e. The molecule has 3 N–H and O–H groups in total. The third kappa shape index (κ3) is 6.42. The van der Waals surface area contributed by atoms with Crippen molar-refractivity contribution < 1.29 is 14.3 Å². The van der Waals surface area contributed by atoms with Crippen LogP contribution in [0.25, 0.3) is 0 Å². The minimum absolute atomic E-state index is 0.0734. The number of hydrogen-bond acceptors (Lipinski definition) is 4. The molecule has 158 valence electrons. The fourth-order valence-corrected chi connectivity index (χ4v) is 3.17. The number of nitrogens with zero attached hydrogens (tertiary/aromatic N) is 1. The summed E-state index contributed by atoms with van der Waals surface area (Å²) in [5, 5.41) is 8.73.